The number of rotatable bonds is 7. The summed E-state index contributed by atoms with van der Waals surface area (Å²) in [7, 11) is -4.06. The number of hydrogen-bond donors (Lipinski definition) is 1. The van der Waals surface area contributed by atoms with Crippen molar-refractivity contribution in [3.8, 4) is 33.2 Å². The first-order valence-electron chi connectivity index (χ1n) is 11.4. The highest BCUT2D eigenvalue weighted by Crippen LogP contribution is 2.29. The van der Waals surface area contributed by atoms with Gasteiger partial charge in [0.1, 0.15) is 21.4 Å². The number of aromatic nitrogens is 1. The number of nitrogens with zero attached hydrogens (tertiary/aromatic N) is 1. The zero-order chi connectivity index (χ0) is 25.8. The minimum atomic E-state index is -4.06. The summed E-state index contributed by atoms with van der Waals surface area (Å²) in [6.45, 7) is 1.69. The van der Waals surface area contributed by atoms with Crippen molar-refractivity contribution < 1.29 is 17.9 Å². The average Bonchev–Trinajstić information content (AvgIpc) is 3.32. The van der Waals surface area contributed by atoms with Crippen molar-refractivity contribution in [1.82, 2.24) is 9.71 Å². The van der Waals surface area contributed by atoms with Gasteiger partial charge in [-0.15, -0.1) is 11.3 Å². The lowest BCUT2D eigenvalue weighted by atomic mass is 10.1. The Morgan fingerprint density at radius 1 is 0.730 bits per heavy atom. The Kier molecular flexibility index (Phi) is 6.85. The highest BCUT2D eigenvalue weighted by molar-refractivity contribution is 7.90. The van der Waals surface area contributed by atoms with Gasteiger partial charge in [0.25, 0.3) is 15.9 Å². The molecule has 0 saturated carbocycles. The summed E-state index contributed by atoms with van der Waals surface area (Å²) >= 11 is 1.16. The van der Waals surface area contributed by atoms with Crippen molar-refractivity contribution in [1.29, 1.82) is 0 Å². The number of aryl methyl sites for hydroxylation is 1. The van der Waals surface area contributed by atoms with Gasteiger partial charge in [-0.2, -0.15) is 0 Å². The third kappa shape index (κ3) is 5.61. The third-order valence-electron chi connectivity index (χ3n) is 5.58. The van der Waals surface area contributed by atoms with E-state index in [-0.39, 0.29) is 9.77 Å². The van der Waals surface area contributed by atoms with Crippen molar-refractivity contribution >= 4 is 27.3 Å². The van der Waals surface area contributed by atoms with Crippen LogP contribution in [-0.2, 0) is 10.0 Å². The maximum atomic E-state index is 12.9. The Bertz CT molecular complexity index is 1630. The van der Waals surface area contributed by atoms with E-state index in [0.717, 1.165) is 33.8 Å². The number of carbonyl (C=O) groups excluding carboxylic acids is 1. The second-order valence-electron chi connectivity index (χ2n) is 8.20. The number of hydrogen-bond acceptors (Lipinski definition) is 6. The fraction of sp³-hybridized carbons (Fsp3) is 0.0345. The minimum Gasteiger partial charge on any atom is -0.457 e. The van der Waals surface area contributed by atoms with Crippen molar-refractivity contribution in [2.75, 3.05) is 0 Å². The molecule has 0 radical (unpaired) electrons. The zero-order valence-electron chi connectivity index (χ0n) is 19.8. The number of carbonyl (C=O) groups is 1. The zero-order valence-corrected chi connectivity index (χ0v) is 21.4. The van der Waals surface area contributed by atoms with Crippen LogP contribution in [0.3, 0.4) is 0 Å². The predicted octanol–water partition coefficient (Wildman–Crippen LogP) is 6.70. The molecule has 0 unspecified atom stereocenters. The van der Waals surface area contributed by atoms with Crippen LogP contribution in [0.2, 0.25) is 0 Å². The van der Waals surface area contributed by atoms with E-state index in [1.54, 1.807) is 19.1 Å². The van der Waals surface area contributed by atoms with Crippen LogP contribution in [-0.4, -0.2) is 19.3 Å². The smallest absolute Gasteiger partial charge is 0.277 e. The second-order valence-corrected chi connectivity index (χ2v) is 10.9. The quantitative estimate of drug-likeness (QED) is 0.255. The molecule has 0 aliphatic rings. The molecule has 0 fully saturated rings. The van der Waals surface area contributed by atoms with Crippen LogP contribution in [0.5, 0.6) is 11.5 Å². The molecule has 6 nitrogen and oxygen atoms in total. The van der Waals surface area contributed by atoms with Gasteiger partial charge in [0.05, 0.1) is 10.6 Å². The predicted molar refractivity (Wildman–Crippen MR) is 145 cm³/mol. The number of amides is 1. The molecule has 1 amide bonds. The van der Waals surface area contributed by atoms with Crippen LogP contribution in [0, 0.1) is 6.92 Å². The van der Waals surface area contributed by atoms with Gasteiger partial charge >= 0.3 is 0 Å². The standard InChI is InChI=1S/C29H22N2O4S2/c1-20-27(36-29(30-20)23-8-4-2-5-9-23)28(32)31-37(33,34)26-18-14-22(15-19-26)21-12-16-25(17-13-21)35-24-10-6-3-7-11-24/h2-19H,1H3,(H,31,32). The highest BCUT2D eigenvalue weighted by Gasteiger charge is 2.23. The minimum absolute atomic E-state index is 0.000850. The summed E-state index contributed by atoms with van der Waals surface area (Å²) in [5.41, 5.74) is 3.09. The SMILES string of the molecule is Cc1nc(-c2ccccc2)sc1C(=O)NS(=O)(=O)c1ccc(-c2ccc(Oc3ccccc3)cc2)cc1. The van der Waals surface area contributed by atoms with E-state index in [1.807, 2.05) is 84.9 Å². The Hall–Kier alpha value is -4.27. The fourth-order valence-electron chi connectivity index (χ4n) is 3.71. The van der Waals surface area contributed by atoms with E-state index in [9.17, 15) is 13.2 Å². The molecule has 0 aliphatic heterocycles. The number of nitrogens with one attached hydrogen (secondary N) is 1. The van der Waals surface area contributed by atoms with E-state index in [2.05, 4.69) is 9.71 Å². The molecule has 0 bridgehead atoms. The summed E-state index contributed by atoms with van der Waals surface area (Å²) in [6.07, 6.45) is 0. The van der Waals surface area contributed by atoms with E-state index in [4.69, 9.17) is 4.74 Å². The maximum Gasteiger partial charge on any atom is 0.277 e. The Labute approximate surface area is 219 Å². The highest BCUT2D eigenvalue weighted by atomic mass is 32.2. The topological polar surface area (TPSA) is 85.4 Å². The lowest BCUT2D eigenvalue weighted by Gasteiger charge is -2.09. The third-order valence-corrected chi connectivity index (χ3v) is 8.13. The monoisotopic (exact) mass is 526 g/mol. The molecular formula is C29H22N2O4S2. The lowest BCUT2D eigenvalue weighted by molar-refractivity contribution is 0.0984. The Morgan fingerprint density at radius 2 is 1.27 bits per heavy atom. The van der Waals surface area contributed by atoms with Gasteiger partial charge < -0.3 is 4.74 Å². The molecule has 4 aromatic carbocycles. The Morgan fingerprint density at radius 3 is 1.89 bits per heavy atom. The van der Waals surface area contributed by atoms with Crippen LogP contribution in [0.15, 0.2) is 114 Å². The van der Waals surface area contributed by atoms with Gasteiger partial charge in [0.2, 0.25) is 0 Å². The van der Waals surface area contributed by atoms with Gasteiger partial charge in [-0.3, -0.25) is 4.79 Å². The molecular weight excluding hydrogens is 504 g/mol. The van der Waals surface area contributed by atoms with Gasteiger partial charge in [-0.1, -0.05) is 72.8 Å². The summed E-state index contributed by atoms with van der Waals surface area (Å²) in [5.74, 6) is 0.748. The molecule has 37 heavy (non-hydrogen) atoms. The molecule has 0 atom stereocenters. The van der Waals surface area contributed by atoms with Crippen molar-refractivity contribution in [3.63, 3.8) is 0 Å². The number of sulfonamides is 1. The number of thiazole rings is 1. The van der Waals surface area contributed by atoms with Crippen LogP contribution < -0.4 is 9.46 Å². The van der Waals surface area contributed by atoms with Crippen LogP contribution in [0.4, 0.5) is 0 Å². The van der Waals surface area contributed by atoms with Crippen molar-refractivity contribution in [3.05, 3.63) is 120 Å². The molecule has 5 aromatic rings. The Balaban J connectivity index is 1.28. The first-order chi connectivity index (χ1) is 17.9. The van der Waals surface area contributed by atoms with Gasteiger partial charge in [-0.25, -0.2) is 18.1 Å². The van der Waals surface area contributed by atoms with Crippen molar-refractivity contribution in [2.24, 2.45) is 0 Å². The number of benzene rings is 4. The van der Waals surface area contributed by atoms with E-state index < -0.39 is 15.9 Å². The molecule has 1 aromatic heterocycles. The summed E-state index contributed by atoms with van der Waals surface area (Å²) in [5, 5.41) is 0.658. The molecule has 1 heterocycles. The molecule has 0 spiro atoms. The molecule has 8 heteroatoms. The first-order valence-corrected chi connectivity index (χ1v) is 13.7. The van der Waals surface area contributed by atoms with Crippen molar-refractivity contribution in [2.45, 2.75) is 11.8 Å². The summed E-state index contributed by atoms with van der Waals surface area (Å²) in [4.78, 5) is 17.5. The van der Waals surface area contributed by atoms with E-state index in [0.29, 0.717) is 16.5 Å². The van der Waals surface area contributed by atoms with Crippen LogP contribution >= 0.6 is 11.3 Å². The molecule has 184 valence electrons. The second kappa shape index (κ2) is 10.4. The fourth-order valence-corrected chi connectivity index (χ4v) is 5.70. The average molecular weight is 527 g/mol. The number of para-hydroxylation sites is 1. The number of ether oxygens (including phenoxy) is 1. The molecule has 0 aliphatic carbocycles. The molecule has 5 rings (SSSR count). The first kappa shape index (κ1) is 24.4. The van der Waals surface area contributed by atoms with Crippen LogP contribution in [0.1, 0.15) is 15.4 Å². The largest absolute Gasteiger partial charge is 0.457 e. The lowest BCUT2D eigenvalue weighted by Crippen LogP contribution is -2.30. The maximum absolute atomic E-state index is 12.9. The normalized spacial score (nSPS) is 11.2. The summed E-state index contributed by atoms with van der Waals surface area (Å²) in [6, 6.07) is 32.8. The van der Waals surface area contributed by atoms with E-state index >= 15 is 0 Å². The molecule has 1 N–H and O–H groups in total. The van der Waals surface area contributed by atoms with Crippen LogP contribution in [0.25, 0.3) is 21.7 Å². The molecule has 0 saturated heterocycles. The van der Waals surface area contributed by atoms with Gasteiger partial charge in [0, 0.05) is 5.56 Å². The van der Waals surface area contributed by atoms with Gasteiger partial charge in [-0.05, 0) is 54.4 Å². The van der Waals surface area contributed by atoms with E-state index in [1.165, 1.54) is 12.1 Å². The van der Waals surface area contributed by atoms with Gasteiger partial charge in [0.15, 0.2) is 0 Å². The summed E-state index contributed by atoms with van der Waals surface area (Å²) < 4.78 is 33.8.